The van der Waals surface area contributed by atoms with Gasteiger partial charge in [0.25, 0.3) is 0 Å². The molecule has 170 valence electrons. The predicted octanol–water partition coefficient (Wildman–Crippen LogP) is 3.40. The van der Waals surface area contributed by atoms with E-state index in [-0.39, 0.29) is 24.0 Å². The number of esters is 2. The molecule has 1 unspecified atom stereocenters. The molecular formula is C25H34O6. The Morgan fingerprint density at radius 2 is 1.97 bits per heavy atom. The van der Waals surface area contributed by atoms with Crippen molar-refractivity contribution in [2.45, 2.75) is 71.2 Å². The molecule has 6 heteroatoms. The van der Waals surface area contributed by atoms with Crippen LogP contribution in [0.5, 0.6) is 0 Å². The lowest BCUT2D eigenvalue weighted by atomic mass is 9.46. The first kappa shape index (κ1) is 23.5. The van der Waals surface area contributed by atoms with E-state index >= 15 is 0 Å². The zero-order valence-electron chi connectivity index (χ0n) is 18.8. The number of aliphatic hydroxyl groups is 2. The minimum atomic E-state index is -1.66. The molecule has 2 N–H and O–H groups in total. The van der Waals surface area contributed by atoms with Gasteiger partial charge < -0.3 is 19.7 Å². The maximum Gasteiger partial charge on any atom is 0.343 e. The second kappa shape index (κ2) is 8.75. The van der Waals surface area contributed by atoms with E-state index in [9.17, 15) is 19.8 Å². The number of cyclic esters (lactones) is 1. The van der Waals surface area contributed by atoms with Crippen LogP contribution in [-0.2, 0) is 19.1 Å². The average molecular weight is 431 g/mol. The number of carbonyl (C=O) groups excluding carboxylic acids is 2. The summed E-state index contributed by atoms with van der Waals surface area (Å²) in [5, 5.41) is 20.7. The SMILES string of the molecule is CC(O)C/C=C/C=C/C=C/C(=O)O[C@@H]1C=C2COC(=O)[C@]2(O)[C@@]2(C)CCCC(C)(C)[C@H]12. The van der Waals surface area contributed by atoms with Crippen molar-refractivity contribution < 1.29 is 29.3 Å². The molecule has 1 aliphatic heterocycles. The molecule has 0 radical (unpaired) electrons. The van der Waals surface area contributed by atoms with Crippen LogP contribution in [0.2, 0.25) is 0 Å². The van der Waals surface area contributed by atoms with E-state index in [1.54, 1.807) is 31.2 Å². The minimum absolute atomic E-state index is 0.0312. The number of aliphatic hydroxyl groups excluding tert-OH is 1. The highest BCUT2D eigenvalue weighted by Crippen LogP contribution is 2.63. The standard InChI is InChI=1S/C25H34O6/c1-17(26)11-8-6-5-7-9-12-20(27)31-19-15-18-16-30-22(28)25(18,29)24(4)14-10-13-23(2,3)21(19)24/h5-9,12,15,17,19,21,26,29H,10-11,13-14,16H2,1-4H3/b7-5+,8-6+,12-9+/t17?,19-,21+,24+,25+/m1/s1. The molecule has 3 aliphatic rings. The first-order valence-corrected chi connectivity index (χ1v) is 11.0. The third-order valence-corrected chi connectivity index (χ3v) is 7.12. The van der Waals surface area contributed by atoms with Crippen molar-refractivity contribution in [3.05, 3.63) is 48.1 Å². The fourth-order valence-corrected chi connectivity index (χ4v) is 5.74. The maximum absolute atomic E-state index is 12.6. The van der Waals surface area contributed by atoms with Crippen LogP contribution in [0.25, 0.3) is 0 Å². The Kier molecular flexibility index (Phi) is 6.63. The Balaban J connectivity index is 1.79. The van der Waals surface area contributed by atoms with E-state index in [1.807, 2.05) is 19.1 Å². The molecule has 0 aromatic carbocycles. The van der Waals surface area contributed by atoms with Crippen LogP contribution in [0, 0.1) is 16.7 Å². The van der Waals surface area contributed by atoms with Crippen LogP contribution in [0.1, 0.15) is 53.4 Å². The van der Waals surface area contributed by atoms with E-state index in [2.05, 4.69) is 13.8 Å². The summed E-state index contributed by atoms with van der Waals surface area (Å²) in [7, 11) is 0. The van der Waals surface area contributed by atoms with Gasteiger partial charge in [0.2, 0.25) is 0 Å². The first-order chi connectivity index (χ1) is 14.5. The summed E-state index contributed by atoms with van der Waals surface area (Å²) in [4.78, 5) is 25.1. The van der Waals surface area contributed by atoms with Gasteiger partial charge in [-0.15, -0.1) is 0 Å². The van der Waals surface area contributed by atoms with E-state index in [0.717, 1.165) is 12.8 Å². The average Bonchev–Trinajstić information content (AvgIpc) is 2.96. The van der Waals surface area contributed by atoms with Gasteiger partial charge in [0.15, 0.2) is 5.60 Å². The molecule has 1 saturated heterocycles. The molecule has 31 heavy (non-hydrogen) atoms. The van der Waals surface area contributed by atoms with E-state index in [4.69, 9.17) is 9.47 Å². The predicted molar refractivity (Wildman–Crippen MR) is 117 cm³/mol. The molecule has 1 saturated carbocycles. The van der Waals surface area contributed by atoms with E-state index in [0.29, 0.717) is 18.4 Å². The number of hydrogen-bond donors (Lipinski definition) is 2. The summed E-state index contributed by atoms with van der Waals surface area (Å²) in [6.07, 6.45) is 14.0. The van der Waals surface area contributed by atoms with Gasteiger partial charge in [-0.1, -0.05) is 57.6 Å². The van der Waals surface area contributed by atoms with Crippen molar-refractivity contribution >= 4 is 11.9 Å². The molecule has 0 amide bonds. The Bertz CT molecular complexity index is 833. The highest BCUT2D eigenvalue weighted by atomic mass is 16.6. The smallest absolute Gasteiger partial charge is 0.343 e. The quantitative estimate of drug-likeness (QED) is 0.290. The van der Waals surface area contributed by atoms with Crippen LogP contribution < -0.4 is 0 Å². The Morgan fingerprint density at radius 3 is 2.68 bits per heavy atom. The summed E-state index contributed by atoms with van der Waals surface area (Å²) in [6.45, 7) is 7.89. The van der Waals surface area contributed by atoms with Gasteiger partial charge >= 0.3 is 11.9 Å². The molecular weight excluding hydrogens is 396 g/mol. The molecule has 3 rings (SSSR count). The van der Waals surface area contributed by atoms with Crippen molar-refractivity contribution in [2.75, 3.05) is 6.61 Å². The van der Waals surface area contributed by atoms with Gasteiger partial charge in [-0.2, -0.15) is 0 Å². The molecule has 2 fully saturated rings. The summed E-state index contributed by atoms with van der Waals surface area (Å²) < 4.78 is 11.1. The second-order valence-corrected chi connectivity index (χ2v) is 9.87. The third-order valence-electron chi connectivity index (χ3n) is 7.12. The number of carbonyl (C=O) groups is 2. The second-order valence-electron chi connectivity index (χ2n) is 9.87. The summed E-state index contributed by atoms with van der Waals surface area (Å²) in [5.41, 5.74) is -2.15. The summed E-state index contributed by atoms with van der Waals surface area (Å²) in [5.74, 6) is -1.29. The number of hydrogen-bond acceptors (Lipinski definition) is 6. The number of rotatable bonds is 6. The number of allylic oxidation sites excluding steroid dienone is 4. The normalized spacial score (nSPS) is 35.7. The van der Waals surface area contributed by atoms with Gasteiger partial charge in [-0.05, 0) is 37.7 Å². The van der Waals surface area contributed by atoms with Crippen molar-refractivity contribution in [3.8, 4) is 0 Å². The summed E-state index contributed by atoms with van der Waals surface area (Å²) >= 11 is 0. The Labute approximate surface area is 184 Å². The van der Waals surface area contributed by atoms with Gasteiger partial charge in [0, 0.05) is 23.0 Å². The van der Waals surface area contributed by atoms with Gasteiger partial charge in [0.05, 0.1) is 6.10 Å². The van der Waals surface area contributed by atoms with Crippen molar-refractivity contribution in [3.63, 3.8) is 0 Å². The molecule has 0 bridgehead atoms. The lowest BCUT2D eigenvalue weighted by molar-refractivity contribution is -0.194. The zero-order chi connectivity index (χ0) is 22.9. The Morgan fingerprint density at radius 1 is 1.26 bits per heavy atom. The van der Waals surface area contributed by atoms with Crippen LogP contribution in [0.4, 0.5) is 0 Å². The first-order valence-electron chi connectivity index (χ1n) is 11.0. The van der Waals surface area contributed by atoms with Gasteiger partial charge in [-0.3, -0.25) is 0 Å². The molecule has 0 aromatic rings. The molecule has 6 nitrogen and oxygen atoms in total. The van der Waals surface area contributed by atoms with Crippen LogP contribution in [-0.4, -0.2) is 46.6 Å². The Hall–Kier alpha value is -2.18. The number of ether oxygens (including phenoxy) is 2. The maximum atomic E-state index is 12.6. The molecule has 5 atom stereocenters. The summed E-state index contributed by atoms with van der Waals surface area (Å²) in [6, 6.07) is 0. The lowest BCUT2D eigenvalue weighted by Crippen LogP contribution is -2.65. The molecule has 0 spiro atoms. The van der Waals surface area contributed by atoms with E-state index < -0.39 is 29.1 Å². The molecule has 0 aromatic heterocycles. The van der Waals surface area contributed by atoms with Crippen molar-refractivity contribution in [2.24, 2.45) is 16.7 Å². The fourth-order valence-electron chi connectivity index (χ4n) is 5.74. The van der Waals surface area contributed by atoms with Gasteiger partial charge in [0.1, 0.15) is 12.7 Å². The third kappa shape index (κ3) is 4.28. The largest absolute Gasteiger partial charge is 0.459 e. The molecule has 2 aliphatic carbocycles. The highest BCUT2D eigenvalue weighted by Gasteiger charge is 2.69. The number of fused-ring (bicyclic) bond motifs is 3. The monoisotopic (exact) mass is 430 g/mol. The van der Waals surface area contributed by atoms with Crippen LogP contribution in [0.15, 0.2) is 48.1 Å². The molecule has 1 heterocycles. The van der Waals surface area contributed by atoms with Crippen molar-refractivity contribution in [1.82, 2.24) is 0 Å². The highest BCUT2D eigenvalue weighted by molar-refractivity contribution is 5.88. The van der Waals surface area contributed by atoms with E-state index in [1.165, 1.54) is 6.08 Å². The van der Waals surface area contributed by atoms with Crippen LogP contribution >= 0.6 is 0 Å². The lowest BCUT2D eigenvalue weighted by Gasteiger charge is -2.59. The minimum Gasteiger partial charge on any atom is -0.459 e. The zero-order valence-corrected chi connectivity index (χ0v) is 18.8. The van der Waals surface area contributed by atoms with Crippen LogP contribution in [0.3, 0.4) is 0 Å². The van der Waals surface area contributed by atoms with Gasteiger partial charge in [-0.25, -0.2) is 9.59 Å². The fraction of sp³-hybridized carbons (Fsp3) is 0.600. The van der Waals surface area contributed by atoms with Crippen molar-refractivity contribution in [1.29, 1.82) is 0 Å². The topological polar surface area (TPSA) is 93.1 Å².